The second-order valence-electron chi connectivity index (χ2n) is 8.44. The minimum atomic E-state index is -4.59. The molecule has 2 aliphatic heterocycles. The van der Waals surface area contributed by atoms with Crippen LogP contribution < -0.4 is 4.90 Å². The first kappa shape index (κ1) is 25.4. The van der Waals surface area contributed by atoms with E-state index in [-0.39, 0.29) is 30.5 Å². The summed E-state index contributed by atoms with van der Waals surface area (Å²) in [6, 6.07) is 7.56. The van der Waals surface area contributed by atoms with Crippen molar-refractivity contribution in [3.05, 3.63) is 59.7 Å². The van der Waals surface area contributed by atoms with Crippen molar-refractivity contribution in [2.45, 2.75) is 44.1 Å². The molecule has 2 saturated heterocycles. The second-order valence-corrected chi connectivity index (χ2v) is 8.44. The number of carbonyl (C=O) groups is 1. The molecule has 2 aromatic rings. The molecule has 0 radical (unpaired) electrons. The molecule has 0 unspecified atom stereocenters. The van der Waals surface area contributed by atoms with E-state index in [0.29, 0.717) is 44.5 Å². The first-order chi connectivity index (χ1) is 15.2. The second kappa shape index (κ2) is 9.95. The van der Waals surface area contributed by atoms with Crippen LogP contribution in [0.15, 0.2) is 42.7 Å². The summed E-state index contributed by atoms with van der Waals surface area (Å²) < 4.78 is 60.5. The molecule has 180 valence electrons. The Morgan fingerprint density at radius 2 is 1.88 bits per heavy atom. The van der Waals surface area contributed by atoms with Crippen LogP contribution in [0.1, 0.15) is 30.9 Å². The van der Waals surface area contributed by atoms with Crippen molar-refractivity contribution in [2.75, 3.05) is 31.1 Å². The normalized spacial score (nSPS) is 21.2. The van der Waals surface area contributed by atoms with Crippen LogP contribution in [0.25, 0.3) is 0 Å². The van der Waals surface area contributed by atoms with Crippen LogP contribution in [-0.4, -0.2) is 53.7 Å². The van der Waals surface area contributed by atoms with Crippen LogP contribution in [0.2, 0.25) is 0 Å². The minimum absolute atomic E-state index is 0. The average molecular weight is 488 g/mol. The van der Waals surface area contributed by atoms with E-state index in [1.54, 1.807) is 25.1 Å². The van der Waals surface area contributed by atoms with Gasteiger partial charge in [0.25, 0.3) is 5.91 Å². The quantitative estimate of drug-likeness (QED) is 0.596. The van der Waals surface area contributed by atoms with E-state index in [0.717, 1.165) is 18.5 Å². The Balaban J connectivity index is 0.00000306. The van der Waals surface area contributed by atoms with Crippen LogP contribution >= 0.6 is 12.4 Å². The van der Waals surface area contributed by atoms with Gasteiger partial charge in [0.05, 0.1) is 29.6 Å². The van der Waals surface area contributed by atoms with Gasteiger partial charge in [0.15, 0.2) is 0 Å². The Labute approximate surface area is 196 Å². The van der Waals surface area contributed by atoms with Crippen LogP contribution in [0.4, 0.5) is 23.2 Å². The summed E-state index contributed by atoms with van der Waals surface area (Å²) >= 11 is 0. The molecule has 33 heavy (non-hydrogen) atoms. The Kier molecular flexibility index (Phi) is 7.65. The molecule has 0 aliphatic carbocycles. The van der Waals surface area contributed by atoms with Gasteiger partial charge >= 0.3 is 6.18 Å². The third kappa shape index (κ3) is 5.47. The lowest BCUT2D eigenvalue weighted by atomic mass is 9.88. The van der Waals surface area contributed by atoms with Gasteiger partial charge in [-0.05, 0) is 43.9 Å². The third-order valence-corrected chi connectivity index (χ3v) is 6.31. The maximum absolute atomic E-state index is 13.9. The number of pyridine rings is 1. The number of piperidine rings is 1. The maximum Gasteiger partial charge on any atom is 0.418 e. The number of nitrogens with zero attached hydrogens (tertiary/aromatic N) is 3. The van der Waals surface area contributed by atoms with Gasteiger partial charge in [-0.15, -0.1) is 12.4 Å². The van der Waals surface area contributed by atoms with Gasteiger partial charge in [-0.25, -0.2) is 4.39 Å². The van der Waals surface area contributed by atoms with Crippen molar-refractivity contribution in [2.24, 2.45) is 0 Å². The summed E-state index contributed by atoms with van der Waals surface area (Å²) in [5.41, 5.74) is -1.18. The number of rotatable bonds is 4. The number of morpholine rings is 1. The number of hydrogen-bond acceptors (Lipinski definition) is 4. The molecule has 5 nitrogen and oxygen atoms in total. The molecule has 1 spiro atoms. The molecular formula is C23H26ClF4N3O2. The fourth-order valence-corrected chi connectivity index (χ4v) is 4.53. The molecule has 1 aromatic heterocycles. The van der Waals surface area contributed by atoms with Crippen LogP contribution in [0.5, 0.6) is 0 Å². The Hall–Kier alpha value is -2.23. The molecule has 3 heterocycles. The Morgan fingerprint density at radius 1 is 1.18 bits per heavy atom. The highest BCUT2D eigenvalue weighted by atomic mass is 35.5. The predicted octanol–water partition coefficient (Wildman–Crippen LogP) is 4.49. The van der Waals surface area contributed by atoms with Crippen molar-refractivity contribution < 1.29 is 27.1 Å². The molecule has 0 bridgehead atoms. The molecule has 2 fully saturated rings. The van der Waals surface area contributed by atoms with Gasteiger partial charge in [-0.1, -0.05) is 18.2 Å². The fraction of sp³-hybridized carbons (Fsp3) is 0.478. The predicted molar refractivity (Wildman–Crippen MR) is 118 cm³/mol. The number of alkyl halides is 3. The summed E-state index contributed by atoms with van der Waals surface area (Å²) in [5, 5.41) is 0. The van der Waals surface area contributed by atoms with Crippen LogP contribution in [0.3, 0.4) is 0 Å². The average Bonchev–Trinajstić information content (AvgIpc) is 2.76. The summed E-state index contributed by atoms with van der Waals surface area (Å²) in [7, 11) is 0. The number of likely N-dealkylation sites (tertiary alicyclic amines) is 1. The molecule has 1 atom stereocenters. The molecule has 10 heteroatoms. The standard InChI is InChI=1S/C23H25F4N3O2.ClH/c1-16-21(31)30(20-14-28-10-6-18(20)23(25,26)27)15-22(32-16)8-12-29(13-9-22)11-7-17-4-2-3-5-19(17)24;/h2-6,10,14,16H,7-9,11-13,15H2,1H3;1H/t16-;/m0./s1. The largest absolute Gasteiger partial charge is 0.418 e. The summed E-state index contributed by atoms with van der Waals surface area (Å²) in [4.78, 5) is 19.9. The van der Waals surface area contributed by atoms with E-state index < -0.39 is 29.4 Å². The van der Waals surface area contributed by atoms with Gasteiger partial charge < -0.3 is 14.5 Å². The van der Waals surface area contributed by atoms with Gasteiger partial charge in [0.1, 0.15) is 11.9 Å². The molecule has 1 amide bonds. The van der Waals surface area contributed by atoms with Crippen molar-refractivity contribution in [1.82, 2.24) is 9.88 Å². The summed E-state index contributed by atoms with van der Waals surface area (Å²) in [6.07, 6.45) is -1.56. The number of hydrogen-bond donors (Lipinski definition) is 0. The lowest BCUT2D eigenvalue weighted by Crippen LogP contribution is -2.62. The minimum Gasteiger partial charge on any atom is -0.360 e. The molecule has 0 saturated carbocycles. The number of carbonyl (C=O) groups excluding carboxylic acids is 1. The van der Waals surface area contributed by atoms with E-state index in [1.165, 1.54) is 11.0 Å². The first-order valence-corrected chi connectivity index (χ1v) is 10.6. The summed E-state index contributed by atoms with van der Waals surface area (Å²) in [5.74, 6) is -0.729. The zero-order valence-electron chi connectivity index (χ0n) is 18.1. The highest BCUT2D eigenvalue weighted by Crippen LogP contribution is 2.40. The van der Waals surface area contributed by atoms with Crippen LogP contribution in [-0.2, 0) is 22.1 Å². The van der Waals surface area contributed by atoms with Gasteiger partial charge in [0, 0.05) is 25.8 Å². The maximum atomic E-state index is 13.9. The number of amides is 1. The van der Waals surface area contributed by atoms with Crippen molar-refractivity contribution in [1.29, 1.82) is 0 Å². The Bertz CT molecular complexity index is 980. The van der Waals surface area contributed by atoms with Gasteiger partial charge in [-0.2, -0.15) is 13.2 Å². The molecule has 1 aromatic carbocycles. The lowest BCUT2D eigenvalue weighted by Gasteiger charge is -2.49. The number of anilines is 1. The highest BCUT2D eigenvalue weighted by Gasteiger charge is 2.47. The zero-order chi connectivity index (χ0) is 22.9. The number of benzene rings is 1. The monoisotopic (exact) mass is 487 g/mol. The number of ether oxygens (including phenoxy) is 1. The molecule has 2 aliphatic rings. The Morgan fingerprint density at radius 3 is 2.55 bits per heavy atom. The lowest BCUT2D eigenvalue weighted by molar-refractivity contribution is -0.162. The van der Waals surface area contributed by atoms with E-state index in [4.69, 9.17) is 4.74 Å². The number of halogens is 5. The van der Waals surface area contributed by atoms with E-state index in [1.807, 2.05) is 0 Å². The van der Waals surface area contributed by atoms with Crippen molar-refractivity contribution in [3.8, 4) is 0 Å². The molecule has 4 rings (SSSR count). The molecule has 0 N–H and O–H groups in total. The smallest absolute Gasteiger partial charge is 0.360 e. The SMILES string of the molecule is C[C@@H]1OC2(CCN(CCc3ccccc3F)CC2)CN(c2cnccc2C(F)(F)F)C1=O.Cl. The van der Waals surface area contributed by atoms with Gasteiger partial charge in [0.2, 0.25) is 0 Å². The highest BCUT2D eigenvalue weighted by molar-refractivity contribution is 5.97. The summed E-state index contributed by atoms with van der Waals surface area (Å²) in [6.45, 7) is 3.61. The van der Waals surface area contributed by atoms with Crippen LogP contribution in [0, 0.1) is 5.82 Å². The zero-order valence-corrected chi connectivity index (χ0v) is 19.0. The third-order valence-electron chi connectivity index (χ3n) is 6.31. The van der Waals surface area contributed by atoms with Crippen molar-refractivity contribution in [3.63, 3.8) is 0 Å². The van der Waals surface area contributed by atoms with Gasteiger partial charge in [-0.3, -0.25) is 9.78 Å². The fourth-order valence-electron chi connectivity index (χ4n) is 4.53. The van der Waals surface area contributed by atoms with E-state index in [9.17, 15) is 22.4 Å². The topological polar surface area (TPSA) is 45.7 Å². The first-order valence-electron chi connectivity index (χ1n) is 10.6. The van der Waals surface area contributed by atoms with E-state index >= 15 is 0 Å². The molecular weight excluding hydrogens is 462 g/mol. The van der Waals surface area contributed by atoms with E-state index in [2.05, 4.69) is 9.88 Å². The number of aromatic nitrogens is 1. The van der Waals surface area contributed by atoms with Crippen molar-refractivity contribution >= 4 is 24.0 Å².